The summed E-state index contributed by atoms with van der Waals surface area (Å²) in [5, 5.41) is 7.46. The van der Waals surface area contributed by atoms with Crippen molar-refractivity contribution < 1.29 is 4.79 Å². The molecule has 166 valence electrons. The topological polar surface area (TPSA) is 61.4 Å². The summed E-state index contributed by atoms with van der Waals surface area (Å²) in [6.07, 6.45) is 15.7. The van der Waals surface area contributed by atoms with E-state index in [1.807, 2.05) is 49.4 Å². The Labute approximate surface area is 191 Å². The highest BCUT2D eigenvalue weighted by molar-refractivity contribution is 6.04. The van der Waals surface area contributed by atoms with Crippen LogP contribution < -0.4 is 0 Å². The molecule has 1 aliphatic heterocycles. The number of carbonyl (C=O) groups is 1. The molecule has 3 rings (SSSR count). The molecular weight excluding hydrogens is 396 g/mol. The molecule has 5 heteroatoms. The van der Waals surface area contributed by atoms with Gasteiger partial charge in [-0.1, -0.05) is 57.2 Å². The van der Waals surface area contributed by atoms with Gasteiger partial charge in [0.25, 0.3) is 0 Å². The van der Waals surface area contributed by atoms with Gasteiger partial charge in [-0.2, -0.15) is 5.10 Å². The molecule has 0 radical (unpaired) electrons. The van der Waals surface area contributed by atoms with E-state index in [0.717, 1.165) is 40.8 Å². The lowest BCUT2D eigenvalue weighted by atomic mass is 9.86. The Balaban J connectivity index is 2.08. The second-order valence-corrected chi connectivity index (χ2v) is 7.96. The zero-order chi connectivity index (χ0) is 23.1. The number of allylic oxidation sites excluding steroid dienone is 4. The monoisotopic (exact) mass is 428 g/mol. The Bertz CT molecular complexity index is 1100. The molecule has 1 atom stereocenters. The number of aromatic nitrogens is 2. The predicted octanol–water partition coefficient (Wildman–Crippen LogP) is 6.19. The van der Waals surface area contributed by atoms with Gasteiger partial charge in [-0.15, -0.1) is 0 Å². The number of H-pyrrole nitrogens is 1. The van der Waals surface area contributed by atoms with E-state index in [4.69, 9.17) is 0 Å². The maximum absolute atomic E-state index is 13.9. The molecule has 5 nitrogen and oxygen atoms in total. The SMILES string of the molecule is C=Cc1ccc(C)c(-c2[nH]ncc2C(CC)C(=O)C(C=CCCC)=C2N=CC=CN2C)c1. The second-order valence-electron chi connectivity index (χ2n) is 7.96. The fourth-order valence-corrected chi connectivity index (χ4v) is 3.88. The van der Waals surface area contributed by atoms with Crippen molar-refractivity contribution in [2.45, 2.75) is 46.0 Å². The Morgan fingerprint density at radius 1 is 1.31 bits per heavy atom. The fraction of sp³-hybridized carbons (Fsp3) is 0.296. The summed E-state index contributed by atoms with van der Waals surface area (Å²) >= 11 is 0. The summed E-state index contributed by atoms with van der Waals surface area (Å²) < 4.78 is 0. The maximum Gasteiger partial charge on any atom is 0.174 e. The smallest absolute Gasteiger partial charge is 0.174 e. The van der Waals surface area contributed by atoms with Crippen LogP contribution in [0.1, 0.15) is 55.7 Å². The van der Waals surface area contributed by atoms with Gasteiger partial charge >= 0.3 is 0 Å². The van der Waals surface area contributed by atoms with Crippen LogP contribution >= 0.6 is 0 Å². The predicted molar refractivity (Wildman–Crippen MR) is 133 cm³/mol. The van der Waals surface area contributed by atoms with E-state index >= 15 is 0 Å². The van der Waals surface area contributed by atoms with E-state index in [9.17, 15) is 4.79 Å². The van der Waals surface area contributed by atoms with Crippen LogP contribution in [0.15, 0.2) is 71.8 Å². The number of nitrogens with one attached hydrogen (secondary N) is 1. The highest BCUT2D eigenvalue weighted by Gasteiger charge is 2.28. The zero-order valence-corrected chi connectivity index (χ0v) is 19.4. The van der Waals surface area contributed by atoms with Crippen LogP contribution in [0.2, 0.25) is 0 Å². The van der Waals surface area contributed by atoms with Crippen molar-refractivity contribution in [1.82, 2.24) is 15.1 Å². The third-order valence-electron chi connectivity index (χ3n) is 5.71. The molecule has 0 aliphatic carbocycles. The molecule has 1 unspecified atom stereocenters. The standard InChI is InChI=1S/C27H32N4O/c1-6-9-10-12-22(27-28-15-11-16-31(27)5)26(32)21(8-3)24-18-29-30-25(24)23-17-20(7-2)14-13-19(23)4/h7,10-18,21H,2,6,8-9H2,1,3-5H3,(H,29,30). The zero-order valence-electron chi connectivity index (χ0n) is 19.4. The third kappa shape index (κ3) is 4.88. The van der Waals surface area contributed by atoms with E-state index in [1.54, 1.807) is 12.4 Å². The largest absolute Gasteiger partial charge is 0.335 e. The minimum absolute atomic E-state index is 0.0503. The van der Waals surface area contributed by atoms with Gasteiger partial charge in [-0.05, 0) is 43.0 Å². The molecule has 1 N–H and O–H groups in total. The summed E-state index contributed by atoms with van der Waals surface area (Å²) in [6, 6.07) is 6.19. The van der Waals surface area contributed by atoms with Crippen molar-refractivity contribution in [3.63, 3.8) is 0 Å². The molecule has 1 aromatic carbocycles. The van der Waals surface area contributed by atoms with Crippen LogP contribution in [-0.2, 0) is 4.79 Å². The molecule has 1 aliphatic rings. The first-order valence-electron chi connectivity index (χ1n) is 11.2. The highest BCUT2D eigenvalue weighted by Crippen LogP contribution is 2.35. The minimum atomic E-state index is -0.334. The van der Waals surface area contributed by atoms with Crippen LogP contribution in [0.5, 0.6) is 0 Å². The number of carbonyl (C=O) groups excluding carboxylic acids is 1. The van der Waals surface area contributed by atoms with E-state index in [1.165, 1.54) is 0 Å². The number of aromatic amines is 1. The first-order chi connectivity index (χ1) is 15.5. The van der Waals surface area contributed by atoms with Crippen molar-refractivity contribution in [1.29, 1.82) is 0 Å². The number of Topliss-reactive ketones (excluding diaryl/α,β-unsaturated/α-hetero) is 1. The molecule has 0 spiro atoms. The van der Waals surface area contributed by atoms with Crippen molar-refractivity contribution in [2.24, 2.45) is 4.99 Å². The number of hydrogen-bond donors (Lipinski definition) is 1. The molecular formula is C27H32N4O. The van der Waals surface area contributed by atoms with Gasteiger partial charge in [0.2, 0.25) is 0 Å². The van der Waals surface area contributed by atoms with Gasteiger partial charge in [0.05, 0.1) is 23.4 Å². The number of benzene rings is 1. The number of hydrogen-bond acceptors (Lipinski definition) is 4. The Hall–Kier alpha value is -3.47. The van der Waals surface area contributed by atoms with E-state index in [2.05, 4.69) is 53.8 Å². The van der Waals surface area contributed by atoms with Gasteiger partial charge in [-0.3, -0.25) is 9.89 Å². The molecule has 0 amide bonds. The minimum Gasteiger partial charge on any atom is -0.335 e. The molecule has 0 fully saturated rings. The number of rotatable bonds is 9. The van der Waals surface area contributed by atoms with Crippen LogP contribution in [0.3, 0.4) is 0 Å². The molecule has 0 saturated carbocycles. The van der Waals surface area contributed by atoms with E-state index in [-0.39, 0.29) is 11.7 Å². The van der Waals surface area contributed by atoms with Crippen LogP contribution in [0.25, 0.3) is 17.3 Å². The number of aliphatic imine (C=N–C) groups is 1. The lowest BCUT2D eigenvalue weighted by molar-refractivity contribution is -0.116. The van der Waals surface area contributed by atoms with Crippen LogP contribution in [0.4, 0.5) is 0 Å². The number of aryl methyl sites for hydroxylation is 1. The summed E-state index contributed by atoms with van der Waals surface area (Å²) in [7, 11) is 1.91. The third-order valence-corrected chi connectivity index (χ3v) is 5.71. The molecule has 2 heterocycles. The maximum atomic E-state index is 13.9. The average Bonchev–Trinajstić information content (AvgIpc) is 3.27. The quantitative estimate of drug-likeness (QED) is 0.485. The molecule has 1 aromatic heterocycles. The van der Waals surface area contributed by atoms with Crippen molar-refractivity contribution >= 4 is 18.1 Å². The van der Waals surface area contributed by atoms with Gasteiger partial charge in [0.1, 0.15) is 5.82 Å². The summed E-state index contributed by atoms with van der Waals surface area (Å²) in [4.78, 5) is 20.3. The van der Waals surface area contributed by atoms with Gasteiger partial charge in [0.15, 0.2) is 5.78 Å². The van der Waals surface area contributed by atoms with Crippen LogP contribution in [-0.4, -0.2) is 34.1 Å². The van der Waals surface area contributed by atoms with Crippen molar-refractivity contribution in [2.75, 3.05) is 7.05 Å². The molecule has 2 aromatic rings. The molecule has 0 bridgehead atoms. The lowest BCUT2D eigenvalue weighted by Crippen LogP contribution is -2.21. The van der Waals surface area contributed by atoms with Crippen molar-refractivity contribution in [3.05, 3.63) is 83.5 Å². The van der Waals surface area contributed by atoms with E-state index in [0.29, 0.717) is 17.8 Å². The Morgan fingerprint density at radius 2 is 2.12 bits per heavy atom. The van der Waals surface area contributed by atoms with Crippen molar-refractivity contribution in [3.8, 4) is 11.3 Å². The lowest BCUT2D eigenvalue weighted by Gasteiger charge is -2.22. The Kier molecular flexibility index (Phi) is 7.77. The highest BCUT2D eigenvalue weighted by atomic mass is 16.1. The first kappa shape index (κ1) is 23.2. The van der Waals surface area contributed by atoms with Gasteiger partial charge < -0.3 is 4.90 Å². The number of unbranched alkanes of at least 4 members (excludes halogenated alkanes) is 1. The summed E-state index contributed by atoms with van der Waals surface area (Å²) in [5.41, 5.74) is 5.59. The number of nitrogens with zero attached hydrogens (tertiary/aromatic N) is 3. The average molecular weight is 429 g/mol. The second kappa shape index (κ2) is 10.7. The molecule has 32 heavy (non-hydrogen) atoms. The normalized spacial score (nSPS) is 15.9. The fourth-order valence-electron chi connectivity index (χ4n) is 3.88. The molecule has 0 saturated heterocycles. The summed E-state index contributed by atoms with van der Waals surface area (Å²) in [6.45, 7) is 10.1. The van der Waals surface area contributed by atoms with Gasteiger partial charge in [-0.25, -0.2) is 4.99 Å². The summed E-state index contributed by atoms with van der Waals surface area (Å²) in [5.74, 6) is 0.381. The van der Waals surface area contributed by atoms with Gasteiger partial charge in [0, 0.05) is 30.6 Å². The number of ketones is 1. The first-order valence-corrected chi connectivity index (χ1v) is 11.2. The van der Waals surface area contributed by atoms with Crippen LogP contribution in [0, 0.1) is 6.92 Å². The van der Waals surface area contributed by atoms with E-state index < -0.39 is 0 Å². The Morgan fingerprint density at radius 3 is 2.81 bits per heavy atom.